The average Bonchev–Trinajstić information content (AvgIpc) is 2.60. The van der Waals surface area contributed by atoms with E-state index < -0.39 is 29.6 Å². The summed E-state index contributed by atoms with van der Waals surface area (Å²) in [5.74, 6) is -2.73. The fraction of sp³-hybridized carbons (Fsp3) is 0.118. The van der Waals surface area contributed by atoms with Gasteiger partial charge in [-0.05, 0) is 31.2 Å². The summed E-state index contributed by atoms with van der Waals surface area (Å²) in [6.45, 7) is 1.43. The lowest BCUT2D eigenvalue weighted by atomic mass is 10.2. The largest absolute Gasteiger partial charge is 0.340 e. The quantitative estimate of drug-likeness (QED) is 0.727. The number of halogens is 2. The zero-order chi connectivity index (χ0) is 18.4. The van der Waals surface area contributed by atoms with Gasteiger partial charge in [0.15, 0.2) is 0 Å². The van der Waals surface area contributed by atoms with Crippen LogP contribution in [0.25, 0.3) is 0 Å². The first-order chi connectivity index (χ1) is 11.9. The van der Waals surface area contributed by atoms with Gasteiger partial charge in [0.1, 0.15) is 11.9 Å². The highest BCUT2D eigenvalue weighted by Crippen LogP contribution is 2.14. The molecule has 0 aliphatic rings. The first-order valence-electron chi connectivity index (χ1n) is 7.30. The second kappa shape index (κ2) is 8.25. The summed E-state index contributed by atoms with van der Waals surface area (Å²) < 4.78 is 13.5. The van der Waals surface area contributed by atoms with Gasteiger partial charge in [-0.3, -0.25) is 25.2 Å². The van der Waals surface area contributed by atoms with Gasteiger partial charge in [-0.15, -0.1) is 0 Å². The molecule has 0 heterocycles. The van der Waals surface area contributed by atoms with E-state index in [1.54, 1.807) is 18.2 Å². The molecule has 0 unspecified atom stereocenters. The summed E-state index contributed by atoms with van der Waals surface area (Å²) in [7, 11) is 0. The van der Waals surface area contributed by atoms with Crippen LogP contribution in [-0.4, -0.2) is 23.8 Å². The van der Waals surface area contributed by atoms with Crippen LogP contribution in [-0.2, 0) is 4.79 Å². The smallest absolute Gasteiger partial charge is 0.272 e. The molecule has 1 atom stereocenters. The number of hydrogen-bond donors (Lipinski definition) is 3. The molecule has 0 saturated carbocycles. The standard InChI is InChI=1S/C17H15ClFN3O3/c1-10(20-16(24)11-6-2-4-8-13(11)18)15(23)21-22-17(25)12-7-3-5-9-14(12)19/h2-10H,1H3,(H,20,24)(H,21,23)(H,22,25)/t10-/m0/s1. The molecule has 0 fully saturated rings. The summed E-state index contributed by atoms with van der Waals surface area (Å²) >= 11 is 5.91. The Morgan fingerprint density at radius 2 is 1.52 bits per heavy atom. The Morgan fingerprint density at radius 1 is 0.920 bits per heavy atom. The molecule has 25 heavy (non-hydrogen) atoms. The molecular weight excluding hydrogens is 349 g/mol. The van der Waals surface area contributed by atoms with Gasteiger partial charge in [0.05, 0.1) is 16.1 Å². The third-order valence-corrected chi connectivity index (χ3v) is 3.61. The number of carbonyl (C=O) groups excluding carboxylic acids is 3. The van der Waals surface area contributed by atoms with Crippen molar-refractivity contribution in [3.05, 3.63) is 70.5 Å². The molecule has 2 rings (SSSR count). The van der Waals surface area contributed by atoms with Crippen molar-refractivity contribution in [3.8, 4) is 0 Å². The van der Waals surface area contributed by atoms with E-state index in [1.165, 1.54) is 31.2 Å². The van der Waals surface area contributed by atoms with Crippen LogP contribution in [0.1, 0.15) is 27.6 Å². The van der Waals surface area contributed by atoms with E-state index in [4.69, 9.17) is 11.6 Å². The highest BCUT2D eigenvalue weighted by Gasteiger charge is 2.19. The molecule has 3 amide bonds. The van der Waals surface area contributed by atoms with Crippen LogP contribution in [0.15, 0.2) is 48.5 Å². The Bertz CT molecular complexity index is 813. The Morgan fingerprint density at radius 3 is 2.16 bits per heavy atom. The lowest BCUT2D eigenvalue weighted by Crippen LogP contribution is -2.51. The van der Waals surface area contributed by atoms with Crippen molar-refractivity contribution in [2.24, 2.45) is 0 Å². The van der Waals surface area contributed by atoms with Gasteiger partial charge in [0, 0.05) is 0 Å². The van der Waals surface area contributed by atoms with Crippen molar-refractivity contribution in [2.45, 2.75) is 13.0 Å². The van der Waals surface area contributed by atoms with Crippen LogP contribution in [0.4, 0.5) is 4.39 Å². The minimum atomic E-state index is -0.954. The Hall–Kier alpha value is -2.93. The van der Waals surface area contributed by atoms with E-state index in [-0.39, 0.29) is 16.1 Å². The second-order valence-corrected chi connectivity index (χ2v) is 5.51. The molecule has 6 nitrogen and oxygen atoms in total. The first-order valence-corrected chi connectivity index (χ1v) is 7.68. The van der Waals surface area contributed by atoms with Gasteiger partial charge in [-0.2, -0.15) is 0 Å². The van der Waals surface area contributed by atoms with Crippen molar-refractivity contribution in [1.29, 1.82) is 0 Å². The van der Waals surface area contributed by atoms with E-state index in [1.807, 2.05) is 0 Å². The molecule has 0 aromatic heterocycles. The number of amides is 3. The van der Waals surface area contributed by atoms with Crippen molar-refractivity contribution in [1.82, 2.24) is 16.2 Å². The highest BCUT2D eigenvalue weighted by molar-refractivity contribution is 6.33. The van der Waals surface area contributed by atoms with Crippen LogP contribution in [0, 0.1) is 5.82 Å². The highest BCUT2D eigenvalue weighted by atomic mass is 35.5. The Labute approximate surface area is 148 Å². The molecule has 0 saturated heterocycles. The van der Waals surface area contributed by atoms with E-state index in [0.717, 1.165) is 6.07 Å². The van der Waals surface area contributed by atoms with Gasteiger partial charge in [0.25, 0.3) is 17.7 Å². The molecule has 2 aromatic carbocycles. The monoisotopic (exact) mass is 363 g/mol. The summed E-state index contributed by atoms with van der Waals surface area (Å²) in [5.41, 5.74) is 4.22. The normalized spacial score (nSPS) is 11.3. The number of nitrogens with one attached hydrogen (secondary N) is 3. The van der Waals surface area contributed by atoms with Gasteiger partial charge in [0.2, 0.25) is 0 Å². The summed E-state index contributed by atoms with van der Waals surface area (Å²) in [5, 5.41) is 2.70. The second-order valence-electron chi connectivity index (χ2n) is 5.10. The lowest BCUT2D eigenvalue weighted by Gasteiger charge is -2.15. The Balaban J connectivity index is 1.90. The molecule has 8 heteroatoms. The number of carbonyl (C=O) groups is 3. The van der Waals surface area contributed by atoms with Gasteiger partial charge in [-0.1, -0.05) is 35.9 Å². The number of benzene rings is 2. The molecule has 0 aliphatic carbocycles. The molecule has 0 spiro atoms. The number of hydrazine groups is 1. The minimum Gasteiger partial charge on any atom is -0.340 e. The van der Waals surface area contributed by atoms with Crippen molar-refractivity contribution in [3.63, 3.8) is 0 Å². The van der Waals surface area contributed by atoms with Gasteiger partial charge in [-0.25, -0.2) is 4.39 Å². The zero-order valence-corrected chi connectivity index (χ0v) is 13.9. The average molecular weight is 364 g/mol. The zero-order valence-electron chi connectivity index (χ0n) is 13.2. The number of rotatable bonds is 4. The molecule has 0 radical (unpaired) electrons. The Kier molecular flexibility index (Phi) is 6.08. The van der Waals surface area contributed by atoms with Crippen LogP contribution >= 0.6 is 11.6 Å². The van der Waals surface area contributed by atoms with E-state index in [0.29, 0.717) is 0 Å². The molecule has 0 aliphatic heterocycles. The summed E-state index contributed by atoms with van der Waals surface area (Å²) in [6.07, 6.45) is 0. The third kappa shape index (κ3) is 4.77. The fourth-order valence-electron chi connectivity index (χ4n) is 1.92. The van der Waals surface area contributed by atoms with Crippen molar-refractivity contribution >= 4 is 29.3 Å². The van der Waals surface area contributed by atoms with Crippen molar-refractivity contribution in [2.75, 3.05) is 0 Å². The van der Waals surface area contributed by atoms with Gasteiger partial charge >= 0.3 is 0 Å². The van der Waals surface area contributed by atoms with Crippen molar-refractivity contribution < 1.29 is 18.8 Å². The van der Waals surface area contributed by atoms with E-state index in [9.17, 15) is 18.8 Å². The molecule has 2 aromatic rings. The SMILES string of the molecule is C[C@H](NC(=O)c1ccccc1Cl)C(=O)NNC(=O)c1ccccc1F. The minimum absolute atomic E-state index is 0.212. The van der Waals surface area contributed by atoms with Crippen LogP contribution in [0.5, 0.6) is 0 Å². The summed E-state index contributed by atoms with van der Waals surface area (Å²) in [6, 6.07) is 10.8. The third-order valence-electron chi connectivity index (χ3n) is 3.28. The van der Waals surface area contributed by atoms with Crippen LogP contribution in [0.2, 0.25) is 5.02 Å². The maximum absolute atomic E-state index is 13.5. The maximum atomic E-state index is 13.5. The van der Waals surface area contributed by atoms with Crippen LogP contribution in [0.3, 0.4) is 0 Å². The molecular formula is C17H15ClFN3O3. The molecule has 130 valence electrons. The van der Waals surface area contributed by atoms with E-state index >= 15 is 0 Å². The van der Waals surface area contributed by atoms with E-state index in [2.05, 4.69) is 16.2 Å². The first kappa shape index (κ1) is 18.4. The lowest BCUT2D eigenvalue weighted by molar-refractivity contribution is -0.123. The van der Waals surface area contributed by atoms with Gasteiger partial charge < -0.3 is 5.32 Å². The maximum Gasteiger partial charge on any atom is 0.272 e. The van der Waals surface area contributed by atoms with Crippen LogP contribution < -0.4 is 16.2 Å². The predicted octanol–water partition coefficient (Wildman–Crippen LogP) is 2.06. The summed E-state index contributed by atoms with van der Waals surface area (Å²) in [4.78, 5) is 35.8. The topological polar surface area (TPSA) is 87.3 Å². The number of hydrogen-bond acceptors (Lipinski definition) is 3. The molecule has 0 bridgehead atoms. The fourth-order valence-corrected chi connectivity index (χ4v) is 2.15. The predicted molar refractivity (Wildman–Crippen MR) is 90.4 cm³/mol. The molecule has 3 N–H and O–H groups in total.